The van der Waals surface area contributed by atoms with Gasteiger partial charge in [-0.05, 0) is 42.4 Å². The van der Waals surface area contributed by atoms with Gasteiger partial charge in [-0.15, -0.1) is 0 Å². The summed E-state index contributed by atoms with van der Waals surface area (Å²) in [6.45, 7) is 5.65. The summed E-state index contributed by atoms with van der Waals surface area (Å²) in [7, 11) is 1.60. The molecule has 1 fully saturated rings. The van der Waals surface area contributed by atoms with Crippen molar-refractivity contribution in [3.05, 3.63) is 29.3 Å². The zero-order valence-corrected chi connectivity index (χ0v) is 14.7. The number of carboxylic acids is 1. The average Bonchev–Trinajstić information content (AvgIpc) is 2.59. The summed E-state index contributed by atoms with van der Waals surface area (Å²) >= 11 is 0. The largest absolute Gasteiger partial charge is 0.496 e. The second kappa shape index (κ2) is 8.18. The zero-order chi connectivity index (χ0) is 17.7. The highest BCUT2D eigenvalue weighted by atomic mass is 16.5. The summed E-state index contributed by atoms with van der Waals surface area (Å²) in [6, 6.07) is 5.39. The summed E-state index contributed by atoms with van der Waals surface area (Å²) in [4.78, 5) is 26.0. The Morgan fingerprint density at radius 3 is 2.54 bits per heavy atom. The molecule has 1 heterocycles. The molecule has 5 heteroatoms. The standard InChI is InChI=1S/C19H27NO4/c1-4-14-11-15(5-6-17(14)24-3)16(19(22)23)12-18(21)20-9-7-13(2)8-10-20/h5-6,11,13,16H,4,7-10,12H2,1-3H3,(H,22,23). The molecule has 0 spiro atoms. The van der Waals surface area contributed by atoms with Crippen LogP contribution in [-0.4, -0.2) is 42.1 Å². The summed E-state index contributed by atoms with van der Waals surface area (Å²) < 4.78 is 5.30. The lowest BCUT2D eigenvalue weighted by molar-refractivity contribution is -0.143. The van der Waals surface area contributed by atoms with E-state index in [0.29, 0.717) is 11.5 Å². The van der Waals surface area contributed by atoms with Crippen LogP contribution in [0.25, 0.3) is 0 Å². The molecule has 0 radical (unpaired) electrons. The van der Waals surface area contributed by atoms with Crippen LogP contribution in [0.4, 0.5) is 0 Å². The van der Waals surface area contributed by atoms with Crippen molar-refractivity contribution in [3.63, 3.8) is 0 Å². The van der Waals surface area contributed by atoms with Crippen molar-refractivity contribution in [2.45, 2.75) is 45.4 Å². The van der Waals surface area contributed by atoms with Gasteiger partial charge in [0.05, 0.1) is 13.0 Å². The number of aryl methyl sites for hydroxylation is 1. The van der Waals surface area contributed by atoms with Crippen LogP contribution in [-0.2, 0) is 16.0 Å². The summed E-state index contributed by atoms with van der Waals surface area (Å²) in [6.07, 6.45) is 2.75. The molecule has 1 aromatic rings. The smallest absolute Gasteiger partial charge is 0.311 e. The molecule has 1 amide bonds. The van der Waals surface area contributed by atoms with Crippen molar-refractivity contribution in [1.29, 1.82) is 0 Å². The number of hydrogen-bond donors (Lipinski definition) is 1. The van der Waals surface area contributed by atoms with E-state index in [1.165, 1.54) is 0 Å². The Hall–Kier alpha value is -2.04. The van der Waals surface area contributed by atoms with Gasteiger partial charge in [0.2, 0.25) is 5.91 Å². The first-order chi connectivity index (χ1) is 11.5. The van der Waals surface area contributed by atoms with Crippen molar-refractivity contribution in [2.24, 2.45) is 5.92 Å². The maximum absolute atomic E-state index is 12.5. The number of likely N-dealkylation sites (tertiary alicyclic amines) is 1. The van der Waals surface area contributed by atoms with Crippen molar-refractivity contribution in [2.75, 3.05) is 20.2 Å². The highest BCUT2D eigenvalue weighted by Crippen LogP contribution is 2.28. The molecule has 0 bridgehead atoms. The molecule has 24 heavy (non-hydrogen) atoms. The maximum Gasteiger partial charge on any atom is 0.311 e. The minimum absolute atomic E-state index is 0.0131. The average molecular weight is 333 g/mol. The van der Waals surface area contributed by atoms with Crippen LogP contribution in [0.3, 0.4) is 0 Å². The molecule has 1 saturated heterocycles. The summed E-state index contributed by atoms with van der Waals surface area (Å²) in [5.74, 6) is -0.447. The van der Waals surface area contributed by atoms with E-state index in [1.54, 1.807) is 24.1 Å². The monoisotopic (exact) mass is 333 g/mol. The van der Waals surface area contributed by atoms with E-state index in [0.717, 1.165) is 43.7 Å². The van der Waals surface area contributed by atoms with Gasteiger partial charge in [-0.2, -0.15) is 0 Å². The molecule has 0 saturated carbocycles. The molecule has 0 aromatic heterocycles. The van der Waals surface area contributed by atoms with Gasteiger partial charge in [0.25, 0.3) is 0 Å². The molecule has 5 nitrogen and oxygen atoms in total. The van der Waals surface area contributed by atoms with Gasteiger partial charge >= 0.3 is 5.97 Å². The second-order valence-corrected chi connectivity index (χ2v) is 6.58. The van der Waals surface area contributed by atoms with Gasteiger partial charge in [0.1, 0.15) is 5.75 Å². The summed E-state index contributed by atoms with van der Waals surface area (Å²) in [5, 5.41) is 9.60. The lowest BCUT2D eigenvalue weighted by atomic mass is 9.92. The fourth-order valence-corrected chi connectivity index (χ4v) is 3.20. The van der Waals surface area contributed by atoms with E-state index in [4.69, 9.17) is 4.74 Å². The Kier molecular flexibility index (Phi) is 6.23. The number of rotatable bonds is 6. The topological polar surface area (TPSA) is 66.8 Å². The highest BCUT2D eigenvalue weighted by molar-refractivity contribution is 5.86. The number of methoxy groups -OCH3 is 1. The number of carboxylic acid groups (broad SMARTS) is 1. The van der Waals surface area contributed by atoms with E-state index in [-0.39, 0.29) is 12.3 Å². The van der Waals surface area contributed by atoms with E-state index in [9.17, 15) is 14.7 Å². The third-order valence-electron chi connectivity index (χ3n) is 4.90. The van der Waals surface area contributed by atoms with Gasteiger partial charge in [0.15, 0.2) is 0 Å². The van der Waals surface area contributed by atoms with E-state index in [2.05, 4.69) is 6.92 Å². The minimum atomic E-state index is -0.957. The van der Waals surface area contributed by atoms with E-state index >= 15 is 0 Å². The highest BCUT2D eigenvalue weighted by Gasteiger charge is 2.28. The number of amides is 1. The molecule has 1 unspecified atom stereocenters. The number of aliphatic carboxylic acids is 1. The van der Waals surface area contributed by atoms with E-state index < -0.39 is 11.9 Å². The fraction of sp³-hybridized carbons (Fsp3) is 0.579. The zero-order valence-electron chi connectivity index (χ0n) is 14.7. The predicted octanol–water partition coefficient (Wildman–Crippen LogP) is 3.07. The van der Waals surface area contributed by atoms with Crippen molar-refractivity contribution >= 4 is 11.9 Å². The lowest BCUT2D eigenvalue weighted by Crippen LogP contribution is -2.39. The quantitative estimate of drug-likeness (QED) is 0.869. The van der Waals surface area contributed by atoms with Gasteiger partial charge in [-0.3, -0.25) is 9.59 Å². The minimum Gasteiger partial charge on any atom is -0.496 e. The first-order valence-corrected chi connectivity index (χ1v) is 8.63. The number of carbonyl (C=O) groups excluding carboxylic acids is 1. The SMILES string of the molecule is CCc1cc(C(CC(=O)N2CCC(C)CC2)C(=O)O)ccc1OC. The number of piperidine rings is 1. The van der Waals surface area contributed by atoms with E-state index in [1.807, 2.05) is 13.0 Å². The molecular weight excluding hydrogens is 306 g/mol. The summed E-state index contributed by atoms with van der Waals surface area (Å²) in [5.41, 5.74) is 1.62. The van der Waals surface area contributed by atoms with Crippen LogP contribution in [0, 0.1) is 5.92 Å². The molecule has 0 aliphatic carbocycles. The van der Waals surface area contributed by atoms with Crippen LogP contribution in [0.1, 0.15) is 50.2 Å². The third kappa shape index (κ3) is 4.28. The first kappa shape index (κ1) is 18.3. The number of benzene rings is 1. The maximum atomic E-state index is 12.5. The Bertz CT molecular complexity index is 591. The molecule has 1 aliphatic heterocycles. The van der Waals surface area contributed by atoms with Crippen LogP contribution in [0.15, 0.2) is 18.2 Å². The van der Waals surface area contributed by atoms with Crippen LogP contribution >= 0.6 is 0 Å². The number of carbonyl (C=O) groups is 2. The van der Waals surface area contributed by atoms with Crippen molar-refractivity contribution in [1.82, 2.24) is 4.90 Å². The van der Waals surface area contributed by atoms with Crippen LogP contribution in [0.5, 0.6) is 5.75 Å². The Labute approximate surface area is 143 Å². The number of hydrogen-bond acceptors (Lipinski definition) is 3. The Morgan fingerprint density at radius 2 is 2.00 bits per heavy atom. The van der Waals surface area contributed by atoms with Crippen molar-refractivity contribution < 1.29 is 19.4 Å². The normalized spacial score (nSPS) is 16.7. The van der Waals surface area contributed by atoms with Gasteiger partial charge < -0.3 is 14.7 Å². The number of ether oxygens (including phenoxy) is 1. The first-order valence-electron chi connectivity index (χ1n) is 8.63. The molecule has 1 N–H and O–H groups in total. The molecular formula is C19H27NO4. The van der Waals surface area contributed by atoms with Gasteiger partial charge in [-0.1, -0.05) is 26.0 Å². The Balaban J connectivity index is 2.15. The molecule has 2 rings (SSSR count). The molecule has 1 aliphatic rings. The van der Waals surface area contributed by atoms with Gasteiger partial charge in [0, 0.05) is 19.5 Å². The molecule has 1 atom stereocenters. The number of nitrogens with zero attached hydrogens (tertiary/aromatic N) is 1. The Morgan fingerprint density at radius 1 is 1.33 bits per heavy atom. The van der Waals surface area contributed by atoms with Crippen molar-refractivity contribution in [3.8, 4) is 5.75 Å². The molecule has 132 valence electrons. The van der Waals surface area contributed by atoms with Crippen LogP contribution in [0.2, 0.25) is 0 Å². The lowest BCUT2D eigenvalue weighted by Gasteiger charge is -2.31. The predicted molar refractivity (Wildman–Crippen MR) is 92.3 cm³/mol. The second-order valence-electron chi connectivity index (χ2n) is 6.58. The third-order valence-corrected chi connectivity index (χ3v) is 4.90. The van der Waals surface area contributed by atoms with Gasteiger partial charge in [-0.25, -0.2) is 0 Å². The van der Waals surface area contributed by atoms with Crippen LogP contribution < -0.4 is 4.74 Å². The molecule has 1 aromatic carbocycles. The fourth-order valence-electron chi connectivity index (χ4n) is 3.20.